The van der Waals surface area contributed by atoms with Crippen LogP contribution in [0.25, 0.3) is 0 Å². The summed E-state index contributed by atoms with van der Waals surface area (Å²) >= 11 is 1.59. The standard InChI is InChI=1S/C24H28N6OS.H2/c1-3-4-12-30(16-25)23(26)18-6-5-7-20(13-18)29-24(31)21-14-17(10-11-27-21)19-8-9-22(32-2)28-15-19;/h5-9,11,13-17,25-26H,3-4,10,12H2,1-2H3,(H,29,31);1H. The molecule has 1 aliphatic heterocycles. The number of hydrogen-bond acceptors (Lipinski definition) is 6. The molecule has 0 saturated carbocycles. The second-order valence-corrected chi connectivity index (χ2v) is 8.23. The lowest BCUT2D eigenvalue weighted by atomic mass is 9.95. The highest BCUT2D eigenvalue weighted by Gasteiger charge is 2.18. The normalized spacial score (nSPS) is 15.1. The van der Waals surface area contributed by atoms with Crippen molar-refractivity contribution in [3.8, 4) is 0 Å². The molecule has 0 aliphatic carbocycles. The van der Waals surface area contributed by atoms with Gasteiger partial charge in [0.25, 0.3) is 5.91 Å². The van der Waals surface area contributed by atoms with Gasteiger partial charge in [-0.1, -0.05) is 31.5 Å². The molecule has 1 unspecified atom stereocenters. The van der Waals surface area contributed by atoms with E-state index in [1.165, 1.54) is 6.34 Å². The number of pyridine rings is 1. The van der Waals surface area contributed by atoms with Crippen LogP contribution in [0.5, 0.6) is 0 Å². The Hall–Kier alpha value is -3.26. The Balaban J connectivity index is 0.00000385. The van der Waals surface area contributed by atoms with E-state index in [0.717, 1.165) is 29.9 Å². The molecular weight excluding hydrogens is 420 g/mol. The summed E-state index contributed by atoms with van der Waals surface area (Å²) in [5.74, 6) is -0.00481. The number of carbonyl (C=O) groups excluding carboxylic acids is 1. The van der Waals surface area contributed by atoms with Gasteiger partial charge in [-0.2, -0.15) is 0 Å². The highest BCUT2D eigenvalue weighted by atomic mass is 32.2. The molecule has 3 N–H and O–H groups in total. The lowest BCUT2D eigenvalue weighted by Crippen LogP contribution is -2.30. The van der Waals surface area contributed by atoms with E-state index in [1.807, 2.05) is 30.7 Å². The zero-order valence-electron chi connectivity index (χ0n) is 18.3. The zero-order valence-corrected chi connectivity index (χ0v) is 19.2. The van der Waals surface area contributed by atoms with Crippen LogP contribution in [0, 0.1) is 10.8 Å². The van der Waals surface area contributed by atoms with Crippen LogP contribution in [0.3, 0.4) is 0 Å². The van der Waals surface area contributed by atoms with Gasteiger partial charge in [0, 0.05) is 37.6 Å². The topological polar surface area (TPSA) is 105 Å². The van der Waals surface area contributed by atoms with Crippen LogP contribution in [0.15, 0.2) is 64.4 Å². The van der Waals surface area contributed by atoms with Gasteiger partial charge in [-0.05, 0) is 48.9 Å². The van der Waals surface area contributed by atoms with Crippen molar-refractivity contribution in [2.75, 3.05) is 18.1 Å². The van der Waals surface area contributed by atoms with Crippen molar-refractivity contribution in [2.45, 2.75) is 37.1 Å². The molecular formula is C24H30N6OS. The molecule has 32 heavy (non-hydrogen) atoms. The number of amides is 1. The molecule has 1 atom stereocenters. The summed E-state index contributed by atoms with van der Waals surface area (Å²) in [6.45, 7) is 2.69. The van der Waals surface area contributed by atoms with Gasteiger partial charge in [0.2, 0.25) is 0 Å². The van der Waals surface area contributed by atoms with E-state index in [1.54, 1.807) is 47.1 Å². The van der Waals surface area contributed by atoms with Gasteiger partial charge in [-0.3, -0.25) is 20.6 Å². The molecule has 2 heterocycles. The number of aromatic nitrogens is 1. The van der Waals surface area contributed by atoms with Crippen molar-refractivity contribution >= 4 is 41.7 Å². The molecule has 8 heteroatoms. The van der Waals surface area contributed by atoms with Crippen molar-refractivity contribution in [3.05, 3.63) is 65.5 Å². The fourth-order valence-corrected chi connectivity index (χ4v) is 3.70. The van der Waals surface area contributed by atoms with Crippen molar-refractivity contribution in [2.24, 2.45) is 4.99 Å². The lowest BCUT2D eigenvalue weighted by molar-refractivity contribution is -0.112. The van der Waals surface area contributed by atoms with Gasteiger partial charge in [0.1, 0.15) is 11.5 Å². The maximum atomic E-state index is 12.8. The van der Waals surface area contributed by atoms with Crippen LogP contribution < -0.4 is 5.32 Å². The van der Waals surface area contributed by atoms with Crippen LogP contribution in [0.2, 0.25) is 0 Å². The summed E-state index contributed by atoms with van der Waals surface area (Å²) in [6.07, 6.45) is 11.3. The van der Waals surface area contributed by atoms with E-state index in [-0.39, 0.29) is 19.1 Å². The number of rotatable bonds is 9. The average molecular weight is 451 g/mol. The summed E-state index contributed by atoms with van der Waals surface area (Å²) in [5, 5.41) is 19.8. The predicted molar refractivity (Wildman–Crippen MR) is 134 cm³/mol. The van der Waals surface area contributed by atoms with Crippen molar-refractivity contribution in [3.63, 3.8) is 0 Å². The molecule has 1 aromatic heterocycles. The van der Waals surface area contributed by atoms with Crippen LogP contribution in [-0.2, 0) is 4.79 Å². The number of amidine groups is 1. The molecule has 1 aromatic carbocycles. The number of anilines is 1. The Morgan fingerprint density at radius 3 is 2.91 bits per heavy atom. The molecule has 0 bridgehead atoms. The third-order valence-electron chi connectivity index (χ3n) is 5.17. The Kier molecular flexibility index (Phi) is 8.33. The van der Waals surface area contributed by atoms with Gasteiger partial charge in [0.15, 0.2) is 0 Å². The van der Waals surface area contributed by atoms with E-state index >= 15 is 0 Å². The fourth-order valence-electron chi connectivity index (χ4n) is 3.34. The van der Waals surface area contributed by atoms with E-state index in [9.17, 15) is 4.79 Å². The molecule has 0 fully saturated rings. The first-order valence-corrected chi connectivity index (χ1v) is 11.8. The minimum absolute atomic E-state index is 0. The summed E-state index contributed by atoms with van der Waals surface area (Å²) < 4.78 is 0. The number of unbranched alkanes of at least 4 members (excludes halogenated alkanes) is 1. The molecule has 2 aromatic rings. The fraction of sp³-hybridized carbons (Fsp3) is 0.292. The summed E-state index contributed by atoms with van der Waals surface area (Å²) in [4.78, 5) is 23.2. The Labute approximate surface area is 194 Å². The number of carbonyl (C=O) groups is 1. The SMILES string of the molecule is CCCCN(C=N)C(=N)c1cccc(NC(=O)C2=CC(c3ccc(SC)nc3)CC=N2)c1.[HH]. The van der Waals surface area contributed by atoms with Crippen LogP contribution in [0.1, 0.15) is 44.7 Å². The Morgan fingerprint density at radius 1 is 1.38 bits per heavy atom. The maximum absolute atomic E-state index is 12.8. The molecule has 3 rings (SSSR count). The number of nitrogens with one attached hydrogen (secondary N) is 3. The molecule has 0 radical (unpaired) electrons. The second-order valence-electron chi connectivity index (χ2n) is 7.40. The third-order valence-corrected chi connectivity index (χ3v) is 5.83. The zero-order chi connectivity index (χ0) is 22.9. The van der Waals surface area contributed by atoms with Gasteiger partial charge >= 0.3 is 0 Å². The minimum atomic E-state index is -0.293. The first-order chi connectivity index (χ1) is 15.5. The minimum Gasteiger partial charge on any atom is -0.321 e. The smallest absolute Gasteiger partial charge is 0.273 e. The second kappa shape index (κ2) is 11.4. The van der Waals surface area contributed by atoms with E-state index in [2.05, 4.69) is 22.2 Å². The quantitative estimate of drug-likeness (QED) is 0.279. The molecule has 0 saturated heterocycles. The first-order valence-electron chi connectivity index (χ1n) is 10.6. The van der Waals surface area contributed by atoms with Gasteiger partial charge in [0.05, 0.1) is 11.4 Å². The number of aliphatic imine (C=N–C) groups is 1. The molecule has 1 amide bonds. The first kappa shape index (κ1) is 23.4. The van der Waals surface area contributed by atoms with Crippen LogP contribution in [0.4, 0.5) is 5.69 Å². The third kappa shape index (κ3) is 5.91. The Bertz CT molecular complexity index is 1040. The predicted octanol–water partition coefficient (Wildman–Crippen LogP) is 5.16. The van der Waals surface area contributed by atoms with Gasteiger partial charge in [-0.15, -0.1) is 11.8 Å². The summed E-state index contributed by atoms with van der Waals surface area (Å²) in [7, 11) is 0. The van der Waals surface area contributed by atoms with Gasteiger partial charge in [-0.25, -0.2) is 4.98 Å². The number of benzene rings is 1. The molecule has 168 valence electrons. The number of allylic oxidation sites excluding steroid dienone is 1. The summed E-state index contributed by atoms with van der Waals surface area (Å²) in [6, 6.07) is 11.2. The average Bonchev–Trinajstić information content (AvgIpc) is 2.84. The van der Waals surface area contributed by atoms with Crippen molar-refractivity contribution in [1.29, 1.82) is 10.8 Å². The number of nitrogens with zero attached hydrogens (tertiary/aromatic N) is 3. The van der Waals surface area contributed by atoms with Crippen molar-refractivity contribution in [1.82, 2.24) is 9.88 Å². The highest BCUT2D eigenvalue weighted by molar-refractivity contribution is 7.98. The van der Waals surface area contributed by atoms with E-state index in [0.29, 0.717) is 23.5 Å². The summed E-state index contributed by atoms with van der Waals surface area (Å²) in [5.41, 5.74) is 2.64. The monoisotopic (exact) mass is 450 g/mol. The molecule has 7 nitrogen and oxygen atoms in total. The number of hydrogen-bond donors (Lipinski definition) is 3. The molecule has 0 spiro atoms. The van der Waals surface area contributed by atoms with E-state index in [4.69, 9.17) is 10.8 Å². The largest absolute Gasteiger partial charge is 0.321 e. The molecule has 1 aliphatic rings. The van der Waals surface area contributed by atoms with Gasteiger partial charge < -0.3 is 10.2 Å². The van der Waals surface area contributed by atoms with Crippen molar-refractivity contribution < 1.29 is 6.22 Å². The van der Waals surface area contributed by atoms with Crippen LogP contribution >= 0.6 is 11.8 Å². The van der Waals surface area contributed by atoms with E-state index < -0.39 is 0 Å². The highest BCUT2D eigenvalue weighted by Crippen LogP contribution is 2.26. The Morgan fingerprint density at radius 2 is 2.22 bits per heavy atom. The number of thioether (sulfide) groups is 1. The maximum Gasteiger partial charge on any atom is 0.273 e. The van der Waals surface area contributed by atoms with Crippen LogP contribution in [-0.4, -0.2) is 47.0 Å². The lowest BCUT2D eigenvalue weighted by Gasteiger charge is -2.20.